The van der Waals surface area contributed by atoms with Gasteiger partial charge < -0.3 is 4.74 Å². The van der Waals surface area contributed by atoms with Crippen LogP contribution in [0.2, 0.25) is 0 Å². The lowest BCUT2D eigenvalue weighted by Gasteiger charge is -2.01. The lowest BCUT2D eigenvalue weighted by Crippen LogP contribution is -2.27. The van der Waals surface area contributed by atoms with Gasteiger partial charge in [0.15, 0.2) is 5.78 Å². The number of ketones is 1. The molecular formula is C13H14N2O4. The van der Waals surface area contributed by atoms with Gasteiger partial charge in [-0.15, -0.1) is 0 Å². The molecule has 0 saturated carbocycles. The highest BCUT2D eigenvalue weighted by atomic mass is 16.6. The molecule has 0 bridgehead atoms. The minimum absolute atomic E-state index is 0.00864. The quantitative estimate of drug-likeness (QED) is 0.464. The predicted octanol–water partition coefficient (Wildman–Crippen LogP) is 1.31. The fourth-order valence-corrected chi connectivity index (χ4v) is 2.44. The number of benzene rings is 1. The topological polar surface area (TPSA) is 75.8 Å². The van der Waals surface area contributed by atoms with Gasteiger partial charge in [0.05, 0.1) is 23.6 Å². The molecule has 0 aliphatic carbocycles. The second-order valence-corrected chi connectivity index (χ2v) is 5.29. The number of carbonyl (C=O) groups excluding carboxylic acids is 1. The van der Waals surface area contributed by atoms with E-state index >= 15 is 0 Å². The van der Waals surface area contributed by atoms with E-state index in [4.69, 9.17) is 4.74 Å². The van der Waals surface area contributed by atoms with Crippen LogP contribution in [0.15, 0.2) is 24.3 Å². The summed E-state index contributed by atoms with van der Waals surface area (Å²) in [6, 6.07) is 6.20. The van der Waals surface area contributed by atoms with Crippen molar-refractivity contribution in [1.82, 2.24) is 4.90 Å². The Morgan fingerprint density at radius 2 is 2.05 bits per heavy atom. The van der Waals surface area contributed by atoms with Crippen molar-refractivity contribution in [3.63, 3.8) is 0 Å². The number of likely N-dealkylation sites (N-methyl/N-ethyl adjacent to an activating group) is 1. The highest BCUT2D eigenvalue weighted by Gasteiger charge is 2.60. The van der Waals surface area contributed by atoms with Crippen LogP contribution in [0, 0.1) is 10.1 Å². The molecule has 19 heavy (non-hydrogen) atoms. The molecular weight excluding hydrogens is 248 g/mol. The maximum absolute atomic E-state index is 12.2. The second kappa shape index (κ2) is 3.85. The van der Waals surface area contributed by atoms with Gasteiger partial charge in [0.2, 0.25) is 0 Å². The predicted molar refractivity (Wildman–Crippen MR) is 66.8 cm³/mol. The Bertz CT molecular complexity index is 550. The summed E-state index contributed by atoms with van der Waals surface area (Å²) in [5.74, 6) is 0.0957. The molecule has 0 aromatic heterocycles. The Hall–Kier alpha value is -1.79. The maximum atomic E-state index is 12.2. The SMILES string of the molecule is CN1C(C(=O)C2(C)CO2)C1c1ccc([N+](=O)[O-])cc1. The van der Waals surface area contributed by atoms with Gasteiger partial charge in [0, 0.05) is 12.1 Å². The molecule has 1 aromatic rings. The summed E-state index contributed by atoms with van der Waals surface area (Å²) in [6.45, 7) is 2.29. The summed E-state index contributed by atoms with van der Waals surface area (Å²) in [5.41, 5.74) is 0.372. The monoisotopic (exact) mass is 262 g/mol. The molecule has 0 spiro atoms. The Morgan fingerprint density at radius 1 is 1.47 bits per heavy atom. The summed E-state index contributed by atoms with van der Waals surface area (Å²) in [5, 5.41) is 10.6. The number of nitrogens with zero attached hydrogens (tertiary/aromatic N) is 2. The maximum Gasteiger partial charge on any atom is 0.269 e. The van der Waals surface area contributed by atoms with E-state index in [1.165, 1.54) is 12.1 Å². The molecule has 2 aliphatic heterocycles. The average molecular weight is 262 g/mol. The van der Waals surface area contributed by atoms with Gasteiger partial charge >= 0.3 is 0 Å². The van der Waals surface area contributed by atoms with Crippen LogP contribution in [-0.4, -0.2) is 40.9 Å². The van der Waals surface area contributed by atoms with E-state index in [0.29, 0.717) is 6.61 Å². The molecule has 0 amide bonds. The standard InChI is InChI=1S/C13H14N2O4/c1-13(7-19-13)12(16)11-10(14(11)2)8-3-5-9(6-4-8)15(17)18/h3-6,10-11H,7H2,1-2H3. The van der Waals surface area contributed by atoms with Crippen molar-refractivity contribution in [2.45, 2.75) is 24.6 Å². The number of nitro benzene ring substituents is 1. The molecule has 2 heterocycles. The fraction of sp³-hybridized carbons (Fsp3) is 0.462. The number of nitro groups is 1. The first kappa shape index (κ1) is 12.3. The average Bonchev–Trinajstić information content (AvgIpc) is 3.27. The molecule has 2 fully saturated rings. The second-order valence-electron chi connectivity index (χ2n) is 5.29. The minimum Gasteiger partial charge on any atom is -0.362 e. The molecule has 4 atom stereocenters. The van der Waals surface area contributed by atoms with Crippen molar-refractivity contribution >= 4 is 11.5 Å². The highest BCUT2D eigenvalue weighted by Crippen LogP contribution is 2.46. The molecule has 2 aliphatic rings. The van der Waals surface area contributed by atoms with Crippen molar-refractivity contribution < 1.29 is 14.5 Å². The van der Waals surface area contributed by atoms with Gasteiger partial charge in [-0.05, 0) is 19.5 Å². The first-order valence-corrected chi connectivity index (χ1v) is 6.08. The number of carbonyl (C=O) groups is 1. The number of hydrogen-bond donors (Lipinski definition) is 0. The normalized spacial score (nSPS) is 35.8. The largest absolute Gasteiger partial charge is 0.362 e. The van der Waals surface area contributed by atoms with E-state index in [-0.39, 0.29) is 23.6 Å². The first-order valence-electron chi connectivity index (χ1n) is 6.08. The molecule has 100 valence electrons. The van der Waals surface area contributed by atoms with Crippen LogP contribution < -0.4 is 0 Å². The van der Waals surface area contributed by atoms with Crippen LogP contribution >= 0.6 is 0 Å². The third-order valence-corrected chi connectivity index (χ3v) is 3.90. The Morgan fingerprint density at radius 3 is 2.53 bits per heavy atom. The van der Waals surface area contributed by atoms with E-state index in [1.807, 2.05) is 11.9 Å². The van der Waals surface area contributed by atoms with E-state index in [9.17, 15) is 14.9 Å². The van der Waals surface area contributed by atoms with Gasteiger partial charge in [0.1, 0.15) is 5.60 Å². The van der Waals surface area contributed by atoms with Crippen LogP contribution in [0.5, 0.6) is 0 Å². The van der Waals surface area contributed by atoms with Gasteiger partial charge in [0.25, 0.3) is 5.69 Å². The number of ether oxygens (including phenoxy) is 1. The third kappa shape index (κ3) is 1.93. The van der Waals surface area contributed by atoms with Crippen molar-refractivity contribution in [2.24, 2.45) is 0 Å². The van der Waals surface area contributed by atoms with Gasteiger partial charge in [-0.2, -0.15) is 0 Å². The number of hydrogen-bond acceptors (Lipinski definition) is 5. The minimum atomic E-state index is -0.617. The molecule has 4 unspecified atom stereocenters. The zero-order valence-corrected chi connectivity index (χ0v) is 10.7. The first-order chi connectivity index (χ1) is 8.94. The molecule has 6 heteroatoms. The smallest absolute Gasteiger partial charge is 0.269 e. The van der Waals surface area contributed by atoms with Crippen molar-refractivity contribution in [3.05, 3.63) is 39.9 Å². The third-order valence-electron chi connectivity index (χ3n) is 3.90. The van der Waals surface area contributed by atoms with Crippen LogP contribution in [-0.2, 0) is 9.53 Å². The summed E-state index contributed by atoms with van der Waals surface area (Å²) in [7, 11) is 1.88. The summed E-state index contributed by atoms with van der Waals surface area (Å²) >= 11 is 0. The molecule has 0 N–H and O–H groups in total. The number of epoxide rings is 1. The number of Topliss-reactive ketones (excluding diaryl/α,β-unsaturated/α-hetero) is 1. The van der Waals surface area contributed by atoms with E-state index in [0.717, 1.165) is 5.56 Å². The lowest BCUT2D eigenvalue weighted by atomic mass is 10.00. The summed E-state index contributed by atoms with van der Waals surface area (Å²) < 4.78 is 5.18. The Labute approximate surface area is 110 Å². The van der Waals surface area contributed by atoms with Crippen LogP contribution in [0.4, 0.5) is 5.69 Å². The summed E-state index contributed by atoms with van der Waals surface area (Å²) in [4.78, 5) is 24.3. The van der Waals surface area contributed by atoms with Crippen molar-refractivity contribution in [1.29, 1.82) is 0 Å². The fourth-order valence-electron chi connectivity index (χ4n) is 2.44. The van der Waals surface area contributed by atoms with Gasteiger partial charge in [-0.25, -0.2) is 0 Å². The van der Waals surface area contributed by atoms with Crippen LogP contribution in [0.25, 0.3) is 0 Å². The van der Waals surface area contributed by atoms with Gasteiger partial charge in [-0.1, -0.05) is 12.1 Å². The Balaban J connectivity index is 1.77. The molecule has 0 radical (unpaired) electrons. The van der Waals surface area contributed by atoms with E-state index in [1.54, 1.807) is 19.1 Å². The zero-order chi connectivity index (χ0) is 13.8. The van der Waals surface area contributed by atoms with Gasteiger partial charge in [-0.3, -0.25) is 19.8 Å². The molecule has 1 aromatic carbocycles. The Kier molecular flexibility index (Phi) is 2.48. The zero-order valence-electron chi connectivity index (χ0n) is 10.7. The molecule has 2 saturated heterocycles. The van der Waals surface area contributed by atoms with E-state index < -0.39 is 10.5 Å². The molecule has 6 nitrogen and oxygen atoms in total. The highest BCUT2D eigenvalue weighted by molar-refractivity contribution is 5.96. The number of non-ortho nitro benzene ring substituents is 1. The van der Waals surface area contributed by atoms with E-state index in [2.05, 4.69) is 0 Å². The van der Waals surface area contributed by atoms with Crippen molar-refractivity contribution in [2.75, 3.05) is 13.7 Å². The lowest BCUT2D eigenvalue weighted by molar-refractivity contribution is -0.384. The van der Waals surface area contributed by atoms with Crippen LogP contribution in [0.1, 0.15) is 18.5 Å². The summed E-state index contributed by atoms with van der Waals surface area (Å²) in [6.07, 6.45) is 0. The van der Waals surface area contributed by atoms with Crippen LogP contribution in [0.3, 0.4) is 0 Å². The molecule has 3 rings (SSSR count). The van der Waals surface area contributed by atoms with Crippen molar-refractivity contribution in [3.8, 4) is 0 Å². The number of rotatable bonds is 4.